The molecule has 0 atom stereocenters. The van der Waals surface area contributed by atoms with E-state index in [4.69, 9.17) is 4.74 Å². The Morgan fingerprint density at radius 1 is 1.10 bits per heavy atom. The number of benzene rings is 1. The van der Waals surface area contributed by atoms with Crippen molar-refractivity contribution >= 4 is 17.3 Å². The van der Waals surface area contributed by atoms with Gasteiger partial charge in [0.1, 0.15) is 12.3 Å². The van der Waals surface area contributed by atoms with Gasteiger partial charge in [0.05, 0.1) is 7.11 Å². The van der Waals surface area contributed by atoms with Crippen molar-refractivity contribution in [1.29, 1.82) is 0 Å². The van der Waals surface area contributed by atoms with Gasteiger partial charge in [0.15, 0.2) is 11.4 Å². The summed E-state index contributed by atoms with van der Waals surface area (Å²) < 4.78 is 7.72. The smallest absolute Gasteiger partial charge is 0.350 e. The van der Waals surface area contributed by atoms with E-state index in [0.717, 1.165) is 0 Å². The maximum absolute atomic E-state index is 12.7. The molecule has 150 valence electrons. The third-order valence-corrected chi connectivity index (χ3v) is 5.37. The molecule has 8 nitrogen and oxygen atoms in total. The van der Waals surface area contributed by atoms with Gasteiger partial charge in [-0.1, -0.05) is 6.07 Å². The summed E-state index contributed by atoms with van der Waals surface area (Å²) in [7, 11) is 1.59. The maximum Gasteiger partial charge on any atom is 0.350 e. The first-order chi connectivity index (χ1) is 14.1. The number of nitrogens with zero attached hydrogens (tertiary/aromatic N) is 4. The molecule has 3 heterocycles. The van der Waals surface area contributed by atoms with Crippen molar-refractivity contribution in [2.24, 2.45) is 5.92 Å². The Hall–Kier alpha value is -3.42. The molecule has 0 saturated carbocycles. The number of ether oxygens (including phenoxy) is 1. The van der Waals surface area contributed by atoms with Gasteiger partial charge < -0.3 is 9.64 Å². The highest BCUT2D eigenvalue weighted by molar-refractivity contribution is 5.98. The number of methoxy groups -OCH3 is 1. The van der Waals surface area contributed by atoms with E-state index >= 15 is 0 Å². The number of pyridine rings is 1. The molecule has 1 aliphatic rings. The van der Waals surface area contributed by atoms with Gasteiger partial charge in [-0.3, -0.25) is 14.0 Å². The van der Waals surface area contributed by atoms with Crippen molar-refractivity contribution in [1.82, 2.24) is 19.1 Å². The SMILES string of the molecule is COc1ccc(C(=O)C2CCN(C(=O)Cn3nc4ccccn4c3=O)CC2)cc1. The number of ketones is 1. The number of Topliss-reactive ketones (excluding diaryl/α,β-unsaturated/α-hetero) is 1. The summed E-state index contributed by atoms with van der Waals surface area (Å²) in [6, 6.07) is 12.4. The zero-order valence-corrected chi connectivity index (χ0v) is 16.2. The van der Waals surface area contributed by atoms with E-state index < -0.39 is 0 Å². The Kier molecular flexibility index (Phi) is 5.16. The fraction of sp³-hybridized carbons (Fsp3) is 0.333. The molecule has 0 N–H and O–H groups in total. The van der Waals surface area contributed by atoms with Crippen LogP contribution in [0.3, 0.4) is 0 Å². The molecule has 0 radical (unpaired) electrons. The van der Waals surface area contributed by atoms with Crippen LogP contribution < -0.4 is 10.4 Å². The third kappa shape index (κ3) is 3.78. The van der Waals surface area contributed by atoms with E-state index in [2.05, 4.69) is 5.10 Å². The molecular formula is C21H22N4O4. The summed E-state index contributed by atoms with van der Waals surface area (Å²) in [5, 5.41) is 4.20. The monoisotopic (exact) mass is 394 g/mol. The molecule has 1 amide bonds. The van der Waals surface area contributed by atoms with Crippen molar-refractivity contribution in [2.45, 2.75) is 19.4 Å². The average molecular weight is 394 g/mol. The number of fused-ring (bicyclic) bond motifs is 1. The van der Waals surface area contributed by atoms with Crippen LogP contribution in [0.2, 0.25) is 0 Å². The predicted molar refractivity (Wildman–Crippen MR) is 106 cm³/mol. The quantitative estimate of drug-likeness (QED) is 0.614. The molecule has 0 unspecified atom stereocenters. The Morgan fingerprint density at radius 3 is 2.48 bits per heavy atom. The lowest BCUT2D eigenvalue weighted by molar-refractivity contribution is -0.133. The number of rotatable bonds is 5. The lowest BCUT2D eigenvalue weighted by Crippen LogP contribution is -2.43. The second kappa shape index (κ2) is 7.90. The van der Waals surface area contributed by atoms with Gasteiger partial charge in [0.25, 0.3) is 0 Å². The first-order valence-corrected chi connectivity index (χ1v) is 9.57. The Balaban J connectivity index is 1.37. The molecule has 0 bridgehead atoms. The summed E-state index contributed by atoms with van der Waals surface area (Å²) in [5.74, 6) is 0.539. The lowest BCUT2D eigenvalue weighted by Gasteiger charge is -2.31. The summed E-state index contributed by atoms with van der Waals surface area (Å²) >= 11 is 0. The minimum absolute atomic E-state index is 0.0938. The average Bonchev–Trinajstić information content (AvgIpc) is 3.09. The Labute approximate surface area is 167 Å². The first kappa shape index (κ1) is 18.9. The normalized spacial score (nSPS) is 14.9. The van der Waals surface area contributed by atoms with Crippen molar-refractivity contribution in [3.63, 3.8) is 0 Å². The van der Waals surface area contributed by atoms with Crippen molar-refractivity contribution in [3.8, 4) is 5.75 Å². The Morgan fingerprint density at radius 2 is 1.83 bits per heavy atom. The fourth-order valence-corrected chi connectivity index (χ4v) is 3.68. The van der Waals surface area contributed by atoms with Crippen LogP contribution in [0, 0.1) is 5.92 Å². The zero-order valence-electron chi connectivity index (χ0n) is 16.2. The van der Waals surface area contributed by atoms with Gasteiger partial charge in [0, 0.05) is 30.8 Å². The van der Waals surface area contributed by atoms with E-state index in [1.807, 2.05) is 0 Å². The molecule has 2 aromatic heterocycles. The zero-order chi connectivity index (χ0) is 20.4. The molecule has 29 heavy (non-hydrogen) atoms. The van der Waals surface area contributed by atoms with Crippen molar-refractivity contribution < 1.29 is 14.3 Å². The molecule has 1 aromatic carbocycles. The van der Waals surface area contributed by atoms with Crippen LogP contribution >= 0.6 is 0 Å². The van der Waals surface area contributed by atoms with E-state index in [-0.39, 0.29) is 29.8 Å². The topological polar surface area (TPSA) is 85.9 Å². The molecule has 3 aromatic rings. The van der Waals surface area contributed by atoms with Crippen LogP contribution in [0.4, 0.5) is 0 Å². The summed E-state index contributed by atoms with van der Waals surface area (Å²) in [5.41, 5.74) is 0.833. The highest BCUT2D eigenvalue weighted by Gasteiger charge is 2.28. The third-order valence-electron chi connectivity index (χ3n) is 5.37. The van der Waals surface area contributed by atoms with Crippen LogP contribution in [0.1, 0.15) is 23.2 Å². The molecule has 0 aliphatic carbocycles. The van der Waals surface area contributed by atoms with E-state index in [1.54, 1.807) is 60.7 Å². The lowest BCUT2D eigenvalue weighted by atomic mass is 9.89. The van der Waals surface area contributed by atoms with Gasteiger partial charge in [0.2, 0.25) is 5.91 Å². The molecule has 0 spiro atoms. The number of piperidine rings is 1. The second-order valence-electron chi connectivity index (χ2n) is 7.12. The highest BCUT2D eigenvalue weighted by Crippen LogP contribution is 2.23. The minimum Gasteiger partial charge on any atom is -0.497 e. The number of aromatic nitrogens is 3. The van der Waals surface area contributed by atoms with Gasteiger partial charge in [-0.15, -0.1) is 5.10 Å². The molecule has 4 rings (SSSR count). The van der Waals surface area contributed by atoms with Crippen LogP contribution in [-0.2, 0) is 11.3 Å². The fourth-order valence-electron chi connectivity index (χ4n) is 3.68. The predicted octanol–water partition coefficient (Wildman–Crippen LogP) is 1.63. The van der Waals surface area contributed by atoms with E-state index in [1.165, 1.54) is 9.08 Å². The van der Waals surface area contributed by atoms with Gasteiger partial charge >= 0.3 is 5.69 Å². The second-order valence-corrected chi connectivity index (χ2v) is 7.12. The number of carbonyl (C=O) groups excluding carboxylic acids is 2. The van der Waals surface area contributed by atoms with Gasteiger partial charge in [-0.2, -0.15) is 0 Å². The number of hydrogen-bond acceptors (Lipinski definition) is 5. The first-order valence-electron chi connectivity index (χ1n) is 9.57. The largest absolute Gasteiger partial charge is 0.497 e. The van der Waals surface area contributed by atoms with Crippen LogP contribution in [0.25, 0.3) is 5.65 Å². The molecule has 1 fully saturated rings. The highest BCUT2D eigenvalue weighted by atomic mass is 16.5. The number of likely N-dealkylation sites (tertiary alicyclic amines) is 1. The summed E-state index contributed by atoms with van der Waals surface area (Å²) in [6.45, 7) is 0.888. The van der Waals surface area contributed by atoms with Crippen molar-refractivity contribution in [2.75, 3.05) is 20.2 Å². The Bertz CT molecular complexity index is 1090. The number of hydrogen-bond donors (Lipinski definition) is 0. The molecular weight excluding hydrogens is 372 g/mol. The number of carbonyl (C=O) groups is 2. The molecule has 1 aliphatic heterocycles. The van der Waals surface area contributed by atoms with E-state index in [0.29, 0.717) is 42.9 Å². The van der Waals surface area contributed by atoms with Gasteiger partial charge in [-0.25, -0.2) is 9.48 Å². The molecule has 8 heteroatoms. The van der Waals surface area contributed by atoms with E-state index in [9.17, 15) is 14.4 Å². The van der Waals surface area contributed by atoms with Crippen LogP contribution in [0.15, 0.2) is 53.5 Å². The molecule has 1 saturated heterocycles. The van der Waals surface area contributed by atoms with Crippen molar-refractivity contribution in [3.05, 3.63) is 64.7 Å². The maximum atomic E-state index is 12.7. The number of amides is 1. The van der Waals surface area contributed by atoms with Crippen LogP contribution in [0.5, 0.6) is 5.75 Å². The van der Waals surface area contributed by atoms with Crippen LogP contribution in [-0.4, -0.2) is 51.0 Å². The van der Waals surface area contributed by atoms with Gasteiger partial charge in [-0.05, 0) is 49.2 Å². The minimum atomic E-state index is -0.335. The summed E-state index contributed by atoms with van der Waals surface area (Å²) in [6.07, 6.45) is 2.84. The standard InChI is InChI=1S/C21H22N4O4/c1-29-17-7-5-15(6-8-17)20(27)16-9-12-23(13-10-16)19(26)14-25-21(28)24-11-3-2-4-18(24)22-25/h2-8,11,16H,9-10,12-14H2,1H3. The summed E-state index contributed by atoms with van der Waals surface area (Å²) in [4.78, 5) is 39.4.